The first kappa shape index (κ1) is 20.7. The molecule has 6 rings (SSSR count). The van der Waals surface area contributed by atoms with Crippen molar-refractivity contribution in [2.24, 2.45) is 7.05 Å². The summed E-state index contributed by atoms with van der Waals surface area (Å²) < 4.78 is 9.21. The molecule has 0 saturated carbocycles. The highest BCUT2D eigenvalue weighted by Gasteiger charge is 2.31. The molecule has 1 fully saturated rings. The highest BCUT2D eigenvalue weighted by atomic mass is 16.5. The van der Waals surface area contributed by atoms with Crippen molar-refractivity contribution in [2.75, 3.05) is 37.7 Å². The molecule has 1 aromatic carbocycles. The van der Waals surface area contributed by atoms with Crippen LogP contribution in [0.5, 0.6) is 0 Å². The highest BCUT2D eigenvalue weighted by molar-refractivity contribution is 5.92. The van der Waals surface area contributed by atoms with E-state index in [2.05, 4.69) is 22.1 Å². The first-order chi connectivity index (χ1) is 16.6. The van der Waals surface area contributed by atoms with E-state index >= 15 is 0 Å². The minimum atomic E-state index is -0.910. The summed E-state index contributed by atoms with van der Waals surface area (Å²) in [6, 6.07) is 8.13. The van der Waals surface area contributed by atoms with Crippen LogP contribution in [0.15, 0.2) is 42.9 Å². The molecular weight excluding hydrogens is 434 g/mol. The van der Waals surface area contributed by atoms with Gasteiger partial charge in [-0.25, -0.2) is 9.48 Å². The SMILES string of the molecule is Cn1cc(-c2cc3cccc(-n4nc(N5CCOCC5)c5c4CN(C(=O)O)CC5)c3cn2)cn1. The zero-order valence-electron chi connectivity index (χ0n) is 18.9. The van der Waals surface area contributed by atoms with E-state index in [1.165, 1.54) is 4.90 Å². The van der Waals surface area contributed by atoms with Crippen LogP contribution >= 0.6 is 0 Å². The molecule has 0 aliphatic carbocycles. The van der Waals surface area contributed by atoms with Gasteiger partial charge in [-0.15, -0.1) is 5.10 Å². The molecule has 0 radical (unpaired) electrons. The zero-order chi connectivity index (χ0) is 23.2. The first-order valence-electron chi connectivity index (χ1n) is 11.4. The number of pyridine rings is 1. The number of amides is 1. The lowest BCUT2D eigenvalue weighted by atomic mass is 10.1. The average Bonchev–Trinajstić information content (AvgIpc) is 3.47. The summed E-state index contributed by atoms with van der Waals surface area (Å²) in [4.78, 5) is 20.2. The van der Waals surface area contributed by atoms with Gasteiger partial charge in [-0.1, -0.05) is 12.1 Å². The number of ether oxygens (including phenoxy) is 1. The van der Waals surface area contributed by atoms with Gasteiger partial charge in [-0.2, -0.15) is 5.10 Å². The van der Waals surface area contributed by atoms with Gasteiger partial charge < -0.3 is 19.6 Å². The number of benzene rings is 1. The molecule has 174 valence electrons. The summed E-state index contributed by atoms with van der Waals surface area (Å²) in [5.74, 6) is 0.931. The molecule has 1 amide bonds. The summed E-state index contributed by atoms with van der Waals surface area (Å²) in [5, 5.41) is 20.9. The molecule has 0 atom stereocenters. The fourth-order valence-corrected chi connectivity index (χ4v) is 4.84. The molecule has 34 heavy (non-hydrogen) atoms. The van der Waals surface area contributed by atoms with Crippen molar-refractivity contribution in [3.8, 4) is 16.9 Å². The van der Waals surface area contributed by atoms with Crippen molar-refractivity contribution in [3.05, 3.63) is 54.1 Å². The molecule has 5 heterocycles. The molecule has 3 aromatic heterocycles. The summed E-state index contributed by atoms with van der Waals surface area (Å²) in [6.45, 7) is 3.65. The van der Waals surface area contributed by atoms with Crippen molar-refractivity contribution in [1.29, 1.82) is 0 Å². The van der Waals surface area contributed by atoms with Gasteiger partial charge in [0.2, 0.25) is 0 Å². The summed E-state index contributed by atoms with van der Waals surface area (Å²) in [6.07, 6.45) is 5.34. The van der Waals surface area contributed by atoms with E-state index < -0.39 is 6.09 Å². The molecule has 0 unspecified atom stereocenters. The van der Waals surface area contributed by atoms with Crippen LogP contribution in [0.3, 0.4) is 0 Å². The van der Waals surface area contributed by atoms with Gasteiger partial charge in [-0.05, 0) is 23.9 Å². The fourth-order valence-electron chi connectivity index (χ4n) is 4.84. The van der Waals surface area contributed by atoms with Crippen LogP contribution in [0.1, 0.15) is 11.3 Å². The monoisotopic (exact) mass is 459 g/mol. The van der Waals surface area contributed by atoms with E-state index in [1.807, 2.05) is 36.3 Å². The summed E-state index contributed by atoms with van der Waals surface area (Å²) in [7, 11) is 1.88. The number of fused-ring (bicyclic) bond motifs is 2. The number of morpholine rings is 1. The molecule has 10 nitrogen and oxygen atoms in total. The van der Waals surface area contributed by atoms with E-state index in [4.69, 9.17) is 14.8 Å². The molecule has 1 saturated heterocycles. The average molecular weight is 460 g/mol. The van der Waals surface area contributed by atoms with Gasteiger partial charge in [0.25, 0.3) is 0 Å². The third kappa shape index (κ3) is 3.47. The lowest BCUT2D eigenvalue weighted by Gasteiger charge is -2.29. The van der Waals surface area contributed by atoms with E-state index in [9.17, 15) is 9.90 Å². The molecule has 0 spiro atoms. The van der Waals surface area contributed by atoms with Crippen molar-refractivity contribution in [3.63, 3.8) is 0 Å². The lowest BCUT2D eigenvalue weighted by molar-refractivity contribution is 0.122. The van der Waals surface area contributed by atoms with Gasteiger partial charge >= 0.3 is 6.09 Å². The Kier molecular flexibility index (Phi) is 4.95. The minimum absolute atomic E-state index is 0.305. The number of aromatic nitrogens is 5. The number of aryl methyl sites for hydroxylation is 1. The van der Waals surface area contributed by atoms with Crippen LogP contribution < -0.4 is 4.90 Å². The second kappa shape index (κ2) is 8.14. The largest absolute Gasteiger partial charge is 0.465 e. The van der Waals surface area contributed by atoms with Crippen LogP contribution in [-0.4, -0.2) is 73.5 Å². The normalized spacial score (nSPS) is 16.1. The Balaban J connectivity index is 1.49. The van der Waals surface area contributed by atoms with Crippen LogP contribution in [0, 0.1) is 0 Å². The van der Waals surface area contributed by atoms with E-state index in [0.29, 0.717) is 32.7 Å². The second-order valence-electron chi connectivity index (χ2n) is 8.68. The number of carboxylic acid groups (broad SMARTS) is 1. The number of hydrogen-bond donors (Lipinski definition) is 1. The van der Waals surface area contributed by atoms with Crippen LogP contribution in [0.2, 0.25) is 0 Å². The molecule has 4 aromatic rings. The quantitative estimate of drug-likeness (QED) is 0.503. The summed E-state index contributed by atoms with van der Waals surface area (Å²) >= 11 is 0. The highest BCUT2D eigenvalue weighted by Crippen LogP contribution is 2.34. The molecule has 0 bridgehead atoms. The van der Waals surface area contributed by atoms with E-state index in [1.54, 1.807) is 10.9 Å². The van der Waals surface area contributed by atoms with Crippen molar-refractivity contribution in [1.82, 2.24) is 29.4 Å². The van der Waals surface area contributed by atoms with Crippen molar-refractivity contribution < 1.29 is 14.6 Å². The topological polar surface area (TPSA) is 102 Å². The van der Waals surface area contributed by atoms with Gasteiger partial charge in [0, 0.05) is 55.6 Å². The maximum absolute atomic E-state index is 11.8. The van der Waals surface area contributed by atoms with Crippen molar-refractivity contribution in [2.45, 2.75) is 13.0 Å². The van der Waals surface area contributed by atoms with E-state index in [0.717, 1.165) is 57.9 Å². The smallest absolute Gasteiger partial charge is 0.407 e. The Hall–Kier alpha value is -3.92. The van der Waals surface area contributed by atoms with Crippen LogP contribution in [-0.2, 0) is 24.8 Å². The Morgan fingerprint density at radius 2 is 2.00 bits per heavy atom. The minimum Gasteiger partial charge on any atom is -0.465 e. The maximum Gasteiger partial charge on any atom is 0.407 e. The van der Waals surface area contributed by atoms with Gasteiger partial charge in [0.05, 0.1) is 43.0 Å². The van der Waals surface area contributed by atoms with Crippen molar-refractivity contribution >= 4 is 22.7 Å². The Bertz CT molecular complexity index is 1390. The molecule has 2 aliphatic heterocycles. The van der Waals surface area contributed by atoms with Gasteiger partial charge in [0.1, 0.15) is 0 Å². The Morgan fingerprint density at radius 1 is 1.15 bits per heavy atom. The summed E-state index contributed by atoms with van der Waals surface area (Å²) in [5.41, 5.74) is 4.74. The first-order valence-corrected chi connectivity index (χ1v) is 11.4. The van der Waals surface area contributed by atoms with Gasteiger partial charge in [-0.3, -0.25) is 9.67 Å². The molecular formula is C24H25N7O3. The number of hydrogen-bond acceptors (Lipinski definition) is 6. The predicted octanol–water partition coefficient (Wildman–Crippen LogP) is 2.69. The third-order valence-corrected chi connectivity index (χ3v) is 6.59. The molecule has 2 aliphatic rings. The fraction of sp³-hybridized carbons (Fsp3) is 0.333. The maximum atomic E-state index is 11.8. The zero-order valence-corrected chi connectivity index (χ0v) is 18.9. The van der Waals surface area contributed by atoms with Crippen LogP contribution in [0.25, 0.3) is 27.7 Å². The second-order valence-corrected chi connectivity index (χ2v) is 8.68. The Labute approximate surface area is 196 Å². The van der Waals surface area contributed by atoms with Gasteiger partial charge in [0.15, 0.2) is 5.82 Å². The molecule has 10 heteroatoms. The number of rotatable bonds is 3. The molecule has 1 N–H and O–H groups in total. The standard InChI is InChI=1S/C24H25N7O3/c1-28-14-17(12-26-28)20-11-16-3-2-4-21(19(16)13-25-20)31-22-15-30(24(32)33)6-5-18(22)23(27-31)29-7-9-34-10-8-29/h2-4,11-14H,5-10,15H2,1H3,(H,32,33). The number of carbonyl (C=O) groups is 1. The Morgan fingerprint density at radius 3 is 2.76 bits per heavy atom. The lowest BCUT2D eigenvalue weighted by Crippen LogP contribution is -2.38. The number of nitrogens with zero attached hydrogens (tertiary/aromatic N) is 7. The van der Waals surface area contributed by atoms with E-state index in [-0.39, 0.29) is 0 Å². The number of anilines is 1. The third-order valence-electron chi connectivity index (χ3n) is 6.59. The predicted molar refractivity (Wildman–Crippen MR) is 126 cm³/mol. The van der Waals surface area contributed by atoms with Crippen LogP contribution in [0.4, 0.5) is 10.6 Å².